The van der Waals surface area contributed by atoms with E-state index in [0.29, 0.717) is 0 Å². The smallest absolute Gasteiger partial charge is 0.332 e. The van der Waals surface area contributed by atoms with Crippen LogP contribution in [-0.4, -0.2) is 55.4 Å². The SMILES string of the molecule is CCOC(O)(COP(=O)(CCCl)OCCCl)OCC. The second-order valence-corrected chi connectivity index (χ2v) is 6.34. The number of halogens is 2. The van der Waals surface area contributed by atoms with E-state index < -0.39 is 20.2 Å². The van der Waals surface area contributed by atoms with Crippen molar-refractivity contribution in [1.29, 1.82) is 0 Å². The monoisotopic (exact) mass is 338 g/mol. The van der Waals surface area contributed by atoms with Crippen molar-refractivity contribution in [2.45, 2.75) is 19.8 Å². The molecule has 0 radical (unpaired) electrons. The molecule has 0 aliphatic carbocycles. The third kappa shape index (κ3) is 8.48. The summed E-state index contributed by atoms with van der Waals surface area (Å²) in [6.07, 6.45) is 0.0137. The zero-order valence-electron chi connectivity index (χ0n) is 11.1. The van der Waals surface area contributed by atoms with Crippen molar-refractivity contribution in [2.24, 2.45) is 0 Å². The van der Waals surface area contributed by atoms with Gasteiger partial charge in [0.2, 0.25) is 0 Å². The summed E-state index contributed by atoms with van der Waals surface area (Å²) in [5, 5.41) is 9.96. The standard InChI is InChI=1S/C10H21Cl2O6P/c1-3-15-10(13,16-4-2)9-18-19(14,8-6-12)17-7-5-11/h13H,3-9H2,1-2H3. The first-order valence-corrected chi connectivity index (χ1v) is 8.75. The van der Waals surface area contributed by atoms with Gasteiger partial charge in [0.05, 0.1) is 12.8 Å². The molecule has 0 aromatic carbocycles. The summed E-state index contributed by atoms with van der Waals surface area (Å²) in [6.45, 7) is 3.42. The summed E-state index contributed by atoms with van der Waals surface area (Å²) in [6, 6.07) is 0. The molecule has 0 amide bonds. The molecule has 1 atom stereocenters. The highest BCUT2D eigenvalue weighted by Gasteiger charge is 2.34. The first-order valence-electron chi connectivity index (χ1n) is 5.95. The molecule has 0 fully saturated rings. The second kappa shape index (κ2) is 10.4. The van der Waals surface area contributed by atoms with Crippen LogP contribution in [0.3, 0.4) is 0 Å². The van der Waals surface area contributed by atoms with Crippen molar-refractivity contribution < 1.29 is 28.2 Å². The lowest BCUT2D eigenvalue weighted by Gasteiger charge is -2.28. The Kier molecular flexibility index (Phi) is 10.7. The zero-order chi connectivity index (χ0) is 14.8. The van der Waals surface area contributed by atoms with Gasteiger partial charge in [-0.3, -0.25) is 9.09 Å². The van der Waals surface area contributed by atoms with Crippen LogP contribution in [0.15, 0.2) is 0 Å². The van der Waals surface area contributed by atoms with Crippen molar-refractivity contribution in [3.8, 4) is 0 Å². The highest BCUT2D eigenvalue weighted by atomic mass is 35.5. The molecule has 9 heteroatoms. The van der Waals surface area contributed by atoms with Crippen LogP contribution in [0.25, 0.3) is 0 Å². The summed E-state index contributed by atoms with van der Waals surface area (Å²) in [4.78, 5) is 0. The van der Waals surface area contributed by atoms with Gasteiger partial charge in [0.15, 0.2) is 0 Å². The van der Waals surface area contributed by atoms with Gasteiger partial charge in [-0.2, -0.15) is 0 Å². The fraction of sp³-hybridized carbons (Fsp3) is 1.00. The molecule has 0 aromatic heterocycles. The third-order valence-electron chi connectivity index (χ3n) is 1.91. The Bertz CT molecular complexity index is 273. The zero-order valence-corrected chi connectivity index (χ0v) is 13.5. The molecule has 0 bridgehead atoms. The van der Waals surface area contributed by atoms with E-state index in [1.165, 1.54) is 0 Å². The fourth-order valence-corrected chi connectivity index (χ4v) is 3.27. The van der Waals surface area contributed by atoms with Crippen molar-refractivity contribution >= 4 is 30.8 Å². The van der Waals surface area contributed by atoms with Gasteiger partial charge in [0.25, 0.3) is 0 Å². The summed E-state index contributed by atoms with van der Waals surface area (Å²) < 4.78 is 32.5. The minimum Gasteiger partial charge on any atom is -0.341 e. The van der Waals surface area contributed by atoms with E-state index in [9.17, 15) is 9.67 Å². The summed E-state index contributed by atoms with van der Waals surface area (Å²) in [5.74, 6) is -1.67. The predicted molar refractivity (Wildman–Crippen MR) is 74.0 cm³/mol. The quantitative estimate of drug-likeness (QED) is 0.334. The number of hydrogen-bond donors (Lipinski definition) is 1. The van der Waals surface area contributed by atoms with Crippen molar-refractivity contribution in [3.05, 3.63) is 0 Å². The highest BCUT2D eigenvalue weighted by molar-refractivity contribution is 7.54. The van der Waals surface area contributed by atoms with Crippen LogP contribution in [0.5, 0.6) is 0 Å². The normalized spacial score (nSPS) is 15.4. The maximum atomic E-state index is 12.2. The molecule has 1 unspecified atom stereocenters. The van der Waals surface area contributed by atoms with Gasteiger partial charge in [-0.05, 0) is 13.8 Å². The van der Waals surface area contributed by atoms with E-state index in [0.717, 1.165) is 0 Å². The van der Waals surface area contributed by atoms with Gasteiger partial charge in [0, 0.05) is 25.0 Å². The van der Waals surface area contributed by atoms with Gasteiger partial charge < -0.3 is 19.1 Å². The van der Waals surface area contributed by atoms with E-state index in [1.54, 1.807) is 13.8 Å². The topological polar surface area (TPSA) is 74.2 Å². The van der Waals surface area contributed by atoms with Gasteiger partial charge in [-0.15, -0.1) is 23.2 Å². The summed E-state index contributed by atoms with van der Waals surface area (Å²) in [7, 11) is -3.42. The summed E-state index contributed by atoms with van der Waals surface area (Å²) >= 11 is 11.0. The van der Waals surface area contributed by atoms with E-state index in [2.05, 4.69) is 0 Å². The molecule has 0 spiro atoms. The van der Waals surface area contributed by atoms with Gasteiger partial charge in [-0.25, -0.2) is 0 Å². The Morgan fingerprint density at radius 1 is 1.11 bits per heavy atom. The largest absolute Gasteiger partial charge is 0.341 e. The maximum Gasteiger partial charge on any atom is 0.332 e. The predicted octanol–water partition coefficient (Wildman–Crippen LogP) is 2.41. The highest BCUT2D eigenvalue weighted by Crippen LogP contribution is 2.48. The molecule has 19 heavy (non-hydrogen) atoms. The van der Waals surface area contributed by atoms with E-state index >= 15 is 0 Å². The Morgan fingerprint density at radius 3 is 2.11 bits per heavy atom. The van der Waals surface area contributed by atoms with Crippen LogP contribution in [0.2, 0.25) is 0 Å². The number of alkyl halides is 2. The Labute approximate surface area is 123 Å². The molecule has 0 saturated carbocycles. The number of ether oxygens (including phenoxy) is 2. The van der Waals surface area contributed by atoms with Crippen LogP contribution < -0.4 is 0 Å². The number of aliphatic hydroxyl groups is 1. The lowest BCUT2D eigenvalue weighted by molar-refractivity contribution is -0.366. The maximum absolute atomic E-state index is 12.2. The van der Waals surface area contributed by atoms with Crippen LogP contribution in [-0.2, 0) is 23.1 Å². The lowest BCUT2D eigenvalue weighted by Crippen LogP contribution is -2.40. The Hall–Kier alpha value is 0.610. The number of hydrogen-bond acceptors (Lipinski definition) is 6. The molecule has 0 aliphatic rings. The van der Waals surface area contributed by atoms with Crippen molar-refractivity contribution in [2.75, 3.05) is 44.3 Å². The molecule has 1 N–H and O–H groups in total. The van der Waals surface area contributed by atoms with Crippen LogP contribution in [0.1, 0.15) is 13.8 Å². The van der Waals surface area contributed by atoms with Crippen LogP contribution in [0, 0.1) is 0 Å². The second-order valence-electron chi connectivity index (χ2n) is 3.40. The minimum atomic E-state index is -3.42. The van der Waals surface area contributed by atoms with Crippen molar-refractivity contribution in [1.82, 2.24) is 0 Å². The molecule has 0 aromatic rings. The Balaban J connectivity index is 4.52. The third-order valence-corrected chi connectivity index (χ3v) is 4.38. The average Bonchev–Trinajstić information content (AvgIpc) is 2.35. The van der Waals surface area contributed by atoms with Gasteiger partial charge in [-0.1, -0.05) is 0 Å². The van der Waals surface area contributed by atoms with E-state index in [4.69, 9.17) is 41.7 Å². The lowest BCUT2D eigenvalue weighted by atomic mass is 10.6. The molecular weight excluding hydrogens is 318 g/mol. The average molecular weight is 339 g/mol. The first-order chi connectivity index (χ1) is 8.95. The minimum absolute atomic E-state index is 0.0137. The van der Waals surface area contributed by atoms with E-state index in [-0.39, 0.29) is 37.7 Å². The molecule has 0 rings (SSSR count). The molecule has 0 heterocycles. The molecule has 6 nitrogen and oxygen atoms in total. The molecule has 116 valence electrons. The molecule has 0 saturated heterocycles. The number of rotatable bonds is 12. The Morgan fingerprint density at radius 2 is 1.68 bits per heavy atom. The van der Waals surface area contributed by atoms with Gasteiger partial charge >= 0.3 is 13.6 Å². The van der Waals surface area contributed by atoms with Crippen LogP contribution >= 0.6 is 30.8 Å². The van der Waals surface area contributed by atoms with E-state index in [1.807, 2.05) is 0 Å². The fourth-order valence-electron chi connectivity index (χ4n) is 1.20. The van der Waals surface area contributed by atoms with Crippen LogP contribution in [0.4, 0.5) is 0 Å². The van der Waals surface area contributed by atoms with Gasteiger partial charge in [0.1, 0.15) is 6.61 Å². The van der Waals surface area contributed by atoms with Crippen molar-refractivity contribution in [3.63, 3.8) is 0 Å². The molecule has 0 aliphatic heterocycles. The molecular formula is C10H21Cl2O6P. The first kappa shape index (κ1) is 19.6. The summed E-state index contributed by atoms with van der Waals surface area (Å²) in [5.41, 5.74) is 0.